The van der Waals surface area contributed by atoms with E-state index < -0.39 is 6.04 Å². The van der Waals surface area contributed by atoms with Crippen LogP contribution in [0, 0.1) is 0 Å². The summed E-state index contributed by atoms with van der Waals surface area (Å²) < 4.78 is 4.96. The molecule has 1 aromatic rings. The first kappa shape index (κ1) is 11.7. The van der Waals surface area contributed by atoms with Crippen LogP contribution in [-0.4, -0.2) is 35.8 Å². The molecule has 0 radical (unpaired) electrons. The fourth-order valence-corrected chi connectivity index (χ4v) is 1.68. The quantitative estimate of drug-likeness (QED) is 0.849. The van der Waals surface area contributed by atoms with Crippen molar-refractivity contribution in [3.05, 3.63) is 24.2 Å². The van der Waals surface area contributed by atoms with E-state index in [2.05, 4.69) is 5.32 Å². The summed E-state index contributed by atoms with van der Waals surface area (Å²) in [6.07, 6.45) is 3.54. The molecule has 1 atom stereocenters. The summed E-state index contributed by atoms with van der Waals surface area (Å²) in [4.78, 5) is 25.3. The molecule has 1 N–H and O–H groups in total. The van der Waals surface area contributed by atoms with Gasteiger partial charge in [0, 0.05) is 13.1 Å². The van der Waals surface area contributed by atoms with Gasteiger partial charge in [-0.3, -0.25) is 9.59 Å². The number of hydrogen-bond acceptors (Lipinski definition) is 3. The molecule has 0 unspecified atom stereocenters. The molecule has 1 saturated carbocycles. The van der Waals surface area contributed by atoms with Crippen molar-refractivity contribution in [1.29, 1.82) is 0 Å². The van der Waals surface area contributed by atoms with Gasteiger partial charge in [-0.05, 0) is 31.9 Å². The van der Waals surface area contributed by atoms with Gasteiger partial charge in [-0.2, -0.15) is 0 Å². The topological polar surface area (TPSA) is 62.6 Å². The average Bonchev–Trinajstić information content (AvgIpc) is 3.01. The molecule has 0 aliphatic heterocycles. The van der Waals surface area contributed by atoms with Gasteiger partial charge in [-0.1, -0.05) is 0 Å². The van der Waals surface area contributed by atoms with Crippen LogP contribution < -0.4 is 5.32 Å². The zero-order valence-electron chi connectivity index (χ0n) is 9.97. The SMILES string of the molecule is C[C@H](NC(=O)c1ccco1)C(=O)N(C)C1CC1. The summed E-state index contributed by atoms with van der Waals surface area (Å²) in [6, 6.07) is 3.03. The van der Waals surface area contributed by atoms with E-state index in [0.29, 0.717) is 6.04 Å². The minimum atomic E-state index is -0.529. The van der Waals surface area contributed by atoms with E-state index in [1.165, 1.54) is 6.26 Å². The van der Waals surface area contributed by atoms with Crippen molar-refractivity contribution in [2.45, 2.75) is 31.8 Å². The molecule has 2 amide bonds. The molecule has 0 saturated heterocycles. The van der Waals surface area contributed by atoms with E-state index in [1.54, 1.807) is 31.0 Å². The third-order valence-electron chi connectivity index (χ3n) is 2.91. The second-order valence-corrected chi connectivity index (χ2v) is 4.35. The predicted octanol–water partition coefficient (Wildman–Crippen LogP) is 1.02. The number of nitrogens with zero attached hydrogens (tertiary/aromatic N) is 1. The van der Waals surface area contributed by atoms with Crippen LogP contribution in [0.1, 0.15) is 30.3 Å². The zero-order valence-corrected chi connectivity index (χ0v) is 9.97. The highest BCUT2D eigenvalue weighted by molar-refractivity contribution is 5.95. The fourth-order valence-electron chi connectivity index (χ4n) is 1.68. The van der Waals surface area contributed by atoms with Crippen LogP contribution >= 0.6 is 0 Å². The van der Waals surface area contributed by atoms with Crippen molar-refractivity contribution in [2.24, 2.45) is 0 Å². The van der Waals surface area contributed by atoms with Crippen molar-refractivity contribution in [3.8, 4) is 0 Å². The van der Waals surface area contributed by atoms with Gasteiger partial charge in [0.2, 0.25) is 5.91 Å². The lowest BCUT2D eigenvalue weighted by molar-refractivity contribution is -0.132. The maximum Gasteiger partial charge on any atom is 0.287 e. The molecule has 0 bridgehead atoms. The van der Waals surface area contributed by atoms with Crippen molar-refractivity contribution in [1.82, 2.24) is 10.2 Å². The molecule has 5 heteroatoms. The molecule has 1 aliphatic carbocycles. The number of likely N-dealkylation sites (N-methyl/N-ethyl adjacent to an activating group) is 1. The molecule has 1 aliphatic rings. The lowest BCUT2D eigenvalue weighted by Crippen LogP contribution is -2.46. The van der Waals surface area contributed by atoms with Gasteiger partial charge < -0.3 is 14.6 Å². The van der Waals surface area contributed by atoms with Crippen molar-refractivity contribution >= 4 is 11.8 Å². The number of amides is 2. The summed E-state index contributed by atoms with van der Waals surface area (Å²) in [5.41, 5.74) is 0. The first-order valence-corrected chi connectivity index (χ1v) is 5.70. The number of furan rings is 1. The van der Waals surface area contributed by atoms with Gasteiger partial charge in [-0.15, -0.1) is 0 Å². The maximum atomic E-state index is 11.9. The molecule has 1 aromatic heterocycles. The number of carbonyl (C=O) groups excluding carboxylic acids is 2. The predicted molar refractivity (Wildman–Crippen MR) is 61.4 cm³/mol. The van der Waals surface area contributed by atoms with E-state index in [4.69, 9.17) is 4.42 Å². The molecular weight excluding hydrogens is 220 g/mol. The van der Waals surface area contributed by atoms with Crippen LogP contribution in [0.4, 0.5) is 0 Å². The van der Waals surface area contributed by atoms with Gasteiger partial charge in [0.15, 0.2) is 5.76 Å². The summed E-state index contributed by atoms with van der Waals surface area (Å²) in [7, 11) is 1.77. The Morgan fingerprint density at radius 3 is 2.76 bits per heavy atom. The Bertz CT molecular complexity index is 409. The third kappa shape index (κ3) is 2.67. The van der Waals surface area contributed by atoms with Crippen molar-refractivity contribution in [3.63, 3.8) is 0 Å². The highest BCUT2D eigenvalue weighted by Gasteiger charge is 2.32. The molecule has 1 fully saturated rings. The lowest BCUT2D eigenvalue weighted by Gasteiger charge is -2.21. The van der Waals surface area contributed by atoms with Crippen LogP contribution in [0.3, 0.4) is 0 Å². The number of rotatable bonds is 4. The zero-order chi connectivity index (χ0) is 12.4. The Morgan fingerprint density at radius 1 is 1.53 bits per heavy atom. The highest BCUT2D eigenvalue weighted by Crippen LogP contribution is 2.25. The van der Waals surface area contributed by atoms with Gasteiger partial charge in [0.1, 0.15) is 6.04 Å². The third-order valence-corrected chi connectivity index (χ3v) is 2.91. The Kier molecular flexibility index (Phi) is 3.17. The van der Waals surface area contributed by atoms with Gasteiger partial charge in [0.25, 0.3) is 5.91 Å². The summed E-state index contributed by atoms with van der Waals surface area (Å²) in [5, 5.41) is 2.62. The Hall–Kier alpha value is -1.78. The van der Waals surface area contributed by atoms with Crippen LogP contribution in [0.25, 0.3) is 0 Å². The monoisotopic (exact) mass is 236 g/mol. The highest BCUT2D eigenvalue weighted by atomic mass is 16.3. The molecule has 92 valence electrons. The summed E-state index contributed by atoms with van der Waals surface area (Å²) >= 11 is 0. The first-order chi connectivity index (χ1) is 8.09. The molecular formula is C12H16N2O3. The van der Waals surface area contributed by atoms with E-state index in [9.17, 15) is 9.59 Å². The molecule has 0 aromatic carbocycles. The maximum absolute atomic E-state index is 11.9. The second-order valence-electron chi connectivity index (χ2n) is 4.35. The molecule has 5 nitrogen and oxygen atoms in total. The average molecular weight is 236 g/mol. The van der Waals surface area contributed by atoms with Gasteiger partial charge in [-0.25, -0.2) is 0 Å². The minimum Gasteiger partial charge on any atom is -0.459 e. The Morgan fingerprint density at radius 2 is 2.24 bits per heavy atom. The van der Waals surface area contributed by atoms with E-state index in [-0.39, 0.29) is 17.6 Å². The number of nitrogens with one attached hydrogen (secondary N) is 1. The number of carbonyl (C=O) groups is 2. The molecule has 1 heterocycles. The minimum absolute atomic E-state index is 0.0626. The largest absolute Gasteiger partial charge is 0.459 e. The van der Waals surface area contributed by atoms with Crippen molar-refractivity contribution < 1.29 is 14.0 Å². The van der Waals surface area contributed by atoms with Gasteiger partial charge >= 0.3 is 0 Å². The van der Waals surface area contributed by atoms with E-state index in [0.717, 1.165) is 12.8 Å². The summed E-state index contributed by atoms with van der Waals surface area (Å²) in [5.74, 6) is -0.203. The fraction of sp³-hybridized carbons (Fsp3) is 0.500. The van der Waals surface area contributed by atoms with Crippen LogP contribution in [-0.2, 0) is 4.79 Å². The van der Waals surface area contributed by atoms with Crippen LogP contribution in [0.5, 0.6) is 0 Å². The lowest BCUT2D eigenvalue weighted by atomic mass is 10.2. The Balaban J connectivity index is 1.90. The van der Waals surface area contributed by atoms with Crippen molar-refractivity contribution in [2.75, 3.05) is 7.05 Å². The first-order valence-electron chi connectivity index (χ1n) is 5.70. The van der Waals surface area contributed by atoms with E-state index >= 15 is 0 Å². The Labute approximate surface area is 99.8 Å². The van der Waals surface area contributed by atoms with E-state index in [1.807, 2.05) is 0 Å². The smallest absolute Gasteiger partial charge is 0.287 e. The van der Waals surface area contributed by atoms with Crippen LogP contribution in [0.15, 0.2) is 22.8 Å². The normalized spacial score (nSPS) is 16.4. The second kappa shape index (κ2) is 4.61. The molecule has 0 spiro atoms. The van der Waals surface area contributed by atoms with Crippen LogP contribution in [0.2, 0.25) is 0 Å². The van der Waals surface area contributed by atoms with Gasteiger partial charge in [0.05, 0.1) is 6.26 Å². The number of hydrogen-bond donors (Lipinski definition) is 1. The molecule has 2 rings (SSSR count). The summed E-state index contributed by atoms with van der Waals surface area (Å²) in [6.45, 7) is 1.68. The molecule has 17 heavy (non-hydrogen) atoms. The standard InChI is InChI=1S/C12H16N2O3/c1-8(12(16)14(2)9-5-6-9)13-11(15)10-4-3-7-17-10/h3-4,7-9H,5-6H2,1-2H3,(H,13,15)/t8-/m0/s1.